The molecule has 5 heteroatoms. The van der Waals surface area contributed by atoms with Crippen molar-refractivity contribution in [3.8, 4) is 0 Å². The molecule has 2 heterocycles. The van der Waals surface area contributed by atoms with Crippen molar-refractivity contribution < 1.29 is 4.55 Å². The SMILES string of the molecule is CCCCN1CCN(c2ccc(N3CC[S+]([O-])CC3)cc2C2CCC(C(C)(C)C)CC2)CC1. The van der Waals surface area contributed by atoms with Crippen molar-refractivity contribution in [1.29, 1.82) is 0 Å². The van der Waals surface area contributed by atoms with E-state index in [0.717, 1.165) is 43.6 Å². The van der Waals surface area contributed by atoms with Crippen LogP contribution in [0.4, 0.5) is 11.4 Å². The van der Waals surface area contributed by atoms with Crippen LogP contribution in [-0.2, 0) is 11.2 Å². The van der Waals surface area contributed by atoms with Crippen LogP contribution in [0.1, 0.15) is 77.7 Å². The summed E-state index contributed by atoms with van der Waals surface area (Å²) in [5.74, 6) is 3.15. The Balaban J connectivity index is 1.52. The van der Waals surface area contributed by atoms with E-state index in [2.05, 4.69) is 60.6 Å². The number of nitrogens with zero attached hydrogens (tertiary/aromatic N) is 3. The van der Waals surface area contributed by atoms with Crippen LogP contribution in [0, 0.1) is 11.3 Å². The fraction of sp³-hybridized carbons (Fsp3) is 0.786. The Kier molecular flexibility index (Phi) is 8.56. The molecule has 0 N–H and O–H groups in total. The van der Waals surface area contributed by atoms with Gasteiger partial charge in [-0.25, -0.2) is 0 Å². The van der Waals surface area contributed by atoms with Gasteiger partial charge < -0.3 is 14.4 Å². The van der Waals surface area contributed by atoms with E-state index < -0.39 is 11.2 Å². The maximum Gasteiger partial charge on any atom is 0.123 e. The van der Waals surface area contributed by atoms with Gasteiger partial charge in [-0.05, 0) is 79.7 Å². The molecule has 186 valence electrons. The van der Waals surface area contributed by atoms with Crippen molar-refractivity contribution in [2.24, 2.45) is 11.3 Å². The summed E-state index contributed by atoms with van der Waals surface area (Å²) in [6.07, 6.45) is 7.94. The Morgan fingerprint density at radius 2 is 1.58 bits per heavy atom. The molecule has 0 amide bonds. The number of hydrogen-bond donors (Lipinski definition) is 0. The maximum absolute atomic E-state index is 11.9. The summed E-state index contributed by atoms with van der Waals surface area (Å²) < 4.78 is 11.9. The Labute approximate surface area is 206 Å². The highest BCUT2D eigenvalue weighted by Crippen LogP contribution is 2.46. The third-order valence-electron chi connectivity index (χ3n) is 8.49. The van der Waals surface area contributed by atoms with Gasteiger partial charge in [0, 0.05) is 37.6 Å². The Morgan fingerprint density at radius 1 is 0.909 bits per heavy atom. The first kappa shape index (κ1) is 25.2. The standard InChI is InChI=1S/C28H47N3OS/c1-5-6-13-29-14-16-31(17-15-29)27-12-11-25(30-18-20-33(32)21-19-30)22-26(27)23-7-9-24(10-8-23)28(2,3)4/h11-12,22-24H,5-10,13-21H2,1-4H3. The van der Waals surface area contributed by atoms with Crippen molar-refractivity contribution in [3.63, 3.8) is 0 Å². The van der Waals surface area contributed by atoms with Crippen molar-refractivity contribution in [3.05, 3.63) is 23.8 Å². The molecule has 1 aliphatic carbocycles. The van der Waals surface area contributed by atoms with Crippen LogP contribution in [-0.4, -0.2) is 66.8 Å². The quantitative estimate of drug-likeness (QED) is 0.511. The second kappa shape index (κ2) is 11.2. The van der Waals surface area contributed by atoms with E-state index in [0.29, 0.717) is 11.3 Å². The molecular formula is C28H47N3OS. The molecule has 33 heavy (non-hydrogen) atoms. The number of benzene rings is 1. The monoisotopic (exact) mass is 473 g/mol. The highest BCUT2D eigenvalue weighted by molar-refractivity contribution is 7.91. The number of piperazine rings is 1. The minimum Gasteiger partial charge on any atom is -0.616 e. The Bertz CT molecular complexity index is 740. The van der Waals surface area contributed by atoms with E-state index in [-0.39, 0.29) is 0 Å². The summed E-state index contributed by atoms with van der Waals surface area (Å²) >= 11 is -0.626. The minimum atomic E-state index is -0.626. The normalized spacial score (nSPS) is 26.1. The van der Waals surface area contributed by atoms with Crippen LogP contribution in [0.5, 0.6) is 0 Å². The van der Waals surface area contributed by atoms with E-state index >= 15 is 0 Å². The van der Waals surface area contributed by atoms with Gasteiger partial charge in [0.2, 0.25) is 0 Å². The molecule has 0 bridgehead atoms. The molecule has 2 aliphatic heterocycles. The number of rotatable bonds is 6. The van der Waals surface area contributed by atoms with E-state index in [1.807, 2.05) is 0 Å². The lowest BCUT2D eigenvalue weighted by atomic mass is 9.68. The van der Waals surface area contributed by atoms with Gasteiger partial charge in [-0.1, -0.05) is 45.3 Å². The molecular weight excluding hydrogens is 426 g/mol. The van der Waals surface area contributed by atoms with Crippen LogP contribution in [0.25, 0.3) is 0 Å². The summed E-state index contributed by atoms with van der Waals surface area (Å²) in [6.45, 7) is 17.3. The number of anilines is 2. The zero-order valence-corrected chi connectivity index (χ0v) is 22.5. The summed E-state index contributed by atoms with van der Waals surface area (Å²) in [5.41, 5.74) is 4.86. The average Bonchev–Trinajstić information content (AvgIpc) is 2.83. The molecule has 3 aliphatic rings. The van der Waals surface area contributed by atoms with Crippen LogP contribution < -0.4 is 9.80 Å². The lowest BCUT2D eigenvalue weighted by Crippen LogP contribution is -2.47. The molecule has 1 aromatic carbocycles. The lowest BCUT2D eigenvalue weighted by Gasteiger charge is -2.41. The fourth-order valence-corrected chi connectivity index (χ4v) is 7.17. The maximum atomic E-state index is 11.9. The largest absolute Gasteiger partial charge is 0.616 e. The summed E-state index contributed by atoms with van der Waals surface area (Å²) in [6, 6.07) is 7.29. The molecule has 1 saturated carbocycles. The lowest BCUT2D eigenvalue weighted by molar-refractivity contribution is 0.169. The number of unbranched alkanes of at least 4 members (excludes halogenated alkanes) is 1. The van der Waals surface area contributed by atoms with Crippen molar-refractivity contribution in [1.82, 2.24) is 4.90 Å². The zero-order chi connectivity index (χ0) is 23.4. The summed E-state index contributed by atoms with van der Waals surface area (Å²) in [4.78, 5) is 7.79. The number of hydrogen-bond acceptors (Lipinski definition) is 4. The van der Waals surface area contributed by atoms with Gasteiger partial charge in [-0.15, -0.1) is 0 Å². The molecule has 0 atom stereocenters. The molecule has 3 fully saturated rings. The van der Waals surface area contributed by atoms with E-state index in [1.165, 1.54) is 69.5 Å². The van der Waals surface area contributed by atoms with Crippen LogP contribution in [0.3, 0.4) is 0 Å². The molecule has 0 radical (unpaired) electrons. The predicted molar refractivity (Wildman–Crippen MR) is 144 cm³/mol. The highest BCUT2D eigenvalue weighted by Gasteiger charge is 2.32. The summed E-state index contributed by atoms with van der Waals surface area (Å²) in [7, 11) is 0. The van der Waals surface area contributed by atoms with Crippen molar-refractivity contribution in [2.45, 2.75) is 72.1 Å². The molecule has 0 spiro atoms. The van der Waals surface area contributed by atoms with Crippen LogP contribution in [0.2, 0.25) is 0 Å². The molecule has 2 saturated heterocycles. The molecule has 4 rings (SSSR count). The third-order valence-corrected chi connectivity index (χ3v) is 9.76. The van der Waals surface area contributed by atoms with E-state index in [1.54, 1.807) is 5.56 Å². The van der Waals surface area contributed by atoms with Crippen molar-refractivity contribution in [2.75, 3.05) is 67.1 Å². The first-order valence-electron chi connectivity index (χ1n) is 13.6. The highest BCUT2D eigenvalue weighted by atomic mass is 32.2. The molecule has 0 unspecified atom stereocenters. The smallest absolute Gasteiger partial charge is 0.123 e. The topological polar surface area (TPSA) is 32.8 Å². The van der Waals surface area contributed by atoms with Gasteiger partial charge in [0.05, 0.1) is 13.1 Å². The van der Waals surface area contributed by atoms with Crippen molar-refractivity contribution >= 4 is 22.6 Å². The first-order valence-corrected chi connectivity index (χ1v) is 15.0. The van der Waals surface area contributed by atoms with Gasteiger partial charge in [-0.3, -0.25) is 4.90 Å². The van der Waals surface area contributed by atoms with Gasteiger partial charge >= 0.3 is 0 Å². The first-order chi connectivity index (χ1) is 15.8. The predicted octanol–water partition coefficient (Wildman–Crippen LogP) is 5.50. The third kappa shape index (κ3) is 6.41. The zero-order valence-electron chi connectivity index (χ0n) is 21.7. The molecule has 0 aromatic heterocycles. The Hall–Kier alpha value is -0.910. The second-order valence-corrected chi connectivity index (χ2v) is 13.4. The van der Waals surface area contributed by atoms with E-state index in [4.69, 9.17) is 0 Å². The van der Waals surface area contributed by atoms with Gasteiger partial charge in [-0.2, -0.15) is 0 Å². The minimum absolute atomic E-state index is 0.425. The molecule has 1 aromatic rings. The second-order valence-electron chi connectivity index (χ2n) is 11.7. The fourth-order valence-electron chi connectivity index (χ4n) is 6.11. The van der Waals surface area contributed by atoms with Crippen LogP contribution in [0.15, 0.2) is 18.2 Å². The average molecular weight is 474 g/mol. The van der Waals surface area contributed by atoms with Gasteiger partial charge in [0.25, 0.3) is 0 Å². The van der Waals surface area contributed by atoms with E-state index in [9.17, 15) is 4.55 Å². The summed E-state index contributed by atoms with van der Waals surface area (Å²) in [5, 5.41) is 0. The van der Waals surface area contributed by atoms with Gasteiger partial charge in [0.15, 0.2) is 0 Å². The van der Waals surface area contributed by atoms with Gasteiger partial charge in [0.1, 0.15) is 11.5 Å². The Morgan fingerprint density at radius 3 is 2.18 bits per heavy atom. The van der Waals surface area contributed by atoms with Crippen LogP contribution >= 0.6 is 0 Å². The molecule has 4 nitrogen and oxygen atoms in total.